The lowest BCUT2D eigenvalue weighted by Crippen LogP contribution is -2.57. The van der Waals surface area contributed by atoms with Crippen molar-refractivity contribution < 1.29 is 14.3 Å². The van der Waals surface area contributed by atoms with Crippen LogP contribution in [0, 0.1) is 5.92 Å². The van der Waals surface area contributed by atoms with Crippen molar-refractivity contribution in [3.05, 3.63) is 71.3 Å². The third-order valence-electron chi connectivity index (χ3n) is 9.98. The first-order valence-electron chi connectivity index (χ1n) is 16.7. The van der Waals surface area contributed by atoms with Crippen LogP contribution in [-0.4, -0.2) is 71.9 Å². The van der Waals surface area contributed by atoms with Crippen molar-refractivity contribution in [2.24, 2.45) is 11.7 Å². The first kappa shape index (κ1) is 29.9. The molecule has 3 amide bonds. The summed E-state index contributed by atoms with van der Waals surface area (Å²) < 4.78 is 6.21. The predicted octanol–water partition coefficient (Wildman–Crippen LogP) is 6.68. The normalized spacial score (nSPS) is 23.4. The summed E-state index contributed by atoms with van der Waals surface area (Å²) in [6, 6.07) is 15.2. The highest BCUT2D eigenvalue weighted by atomic mass is 16.5. The van der Waals surface area contributed by atoms with Gasteiger partial charge >= 0.3 is 6.03 Å². The highest BCUT2D eigenvalue weighted by Gasteiger charge is 2.43. The second-order valence-corrected chi connectivity index (χ2v) is 13.0. The molecule has 0 unspecified atom stereocenters. The van der Waals surface area contributed by atoms with Crippen LogP contribution in [0.15, 0.2) is 60.2 Å². The van der Waals surface area contributed by atoms with Crippen LogP contribution >= 0.6 is 0 Å². The van der Waals surface area contributed by atoms with Gasteiger partial charge in [-0.2, -0.15) is 0 Å². The Morgan fingerprint density at radius 1 is 0.837 bits per heavy atom. The van der Waals surface area contributed by atoms with E-state index in [1.165, 1.54) is 44.9 Å². The second kappa shape index (κ2) is 14.1. The minimum absolute atomic E-state index is 0.133. The van der Waals surface area contributed by atoms with Crippen molar-refractivity contribution in [1.82, 2.24) is 14.7 Å². The Balaban J connectivity index is 1.25. The fourth-order valence-electron chi connectivity index (χ4n) is 7.53. The number of hydrogen-bond acceptors (Lipinski definition) is 5. The summed E-state index contributed by atoms with van der Waals surface area (Å²) in [5.74, 6) is 0.933. The number of carbonyl (C=O) groups excluding carboxylic acids is 2. The molecule has 0 aromatic heterocycles. The molecule has 0 spiro atoms. The van der Waals surface area contributed by atoms with E-state index in [-0.39, 0.29) is 23.9 Å². The standard InChI is InChI=1S/C36H48N4O3/c37-24-28-14-11-21-39(26-28)36(42)40(29-19-22-38(23-20-29)25-27-12-5-3-1-2-4-6-13-27)35(41)34-30-15-7-9-17-32(30)43-33-18-10-8-16-31(33)34/h7-10,12,15-18,28-29,34H,1-6,11,13-14,19-26,37H2/b27-12+/t28-/m0/s1. The molecule has 7 heteroatoms. The van der Waals surface area contributed by atoms with Crippen LogP contribution in [0.1, 0.15) is 87.7 Å². The summed E-state index contributed by atoms with van der Waals surface area (Å²) in [6.07, 6.45) is 15.0. The average molecular weight is 585 g/mol. The number of urea groups is 1. The summed E-state index contributed by atoms with van der Waals surface area (Å²) in [5.41, 5.74) is 9.27. The van der Waals surface area contributed by atoms with E-state index >= 15 is 0 Å². The van der Waals surface area contributed by atoms with Crippen molar-refractivity contribution in [1.29, 1.82) is 0 Å². The number of nitrogens with two attached hydrogens (primary N) is 1. The number of rotatable bonds is 5. The van der Waals surface area contributed by atoms with Crippen LogP contribution in [0.4, 0.5) is 4.79 Å². The Morgan fingerprint density at radius 2 is 1.51 bits per heavy atom. The highest BCUT2D eigenvalue weighted by molar-refractivity contribution is 6.01. The van der Waals surface area contributed by atoms with Crippen molar-refractivity contribution in [2.45, 2.75) is 82.6 Å². The maximum absolute atomic E-state index is 14.8. The van der Waals surface area contributed by atoms with Gasteiger partial charge in [0.15, 0.2) is 0 Å². The first-order chi connectivity index (χ1) is 21.1. The van der Waals surface area contributed by atoms with Crippen LogP contribution < -0.4 is 10.5 Å². The van der Waals surface area contributed by atoms with Crippen LogP contribution in [0.5, 0.6) is 11.5 Å². The molecule has 3 aliphatic heterocycles. The van der Waals surface area contributed by atoms with Gasteiger partial charge in [0.1, 0.15) is 11.5 Å². The van der Waals surface area contributed by atoms with Crippen molar-refractivity contribution in [3.63, 3.8) is 0 Å². The van der Waals surface area contributed by atoms with Crippen molar-refractivity contribution in [3.8, 4) is 11.5 Å². The molecule has 43 heavy (non-hydrogen) atoms. The number of imide groups is 1. The highest BCUT2D eigenvalue weighted by Crippen LogP contribution is 2.45. The second-order valence-electron chi connectivity index (χ2n) is 13.0. The molecule has 3 heterocycles. The number of ether oxygens (including phenoxy) is 1. The lowest BCUT2D eigenvalue weighted by atomic mass is 9.86. The van der Waals surface area contributed by atoms with E-state index in [1.54, 1.807) is 10.5 Å². The number of allylic oxidation sites excluding steroid dienone is 1. The molecule has 2 aromatic rings. The van der Waals surface area contributed by atoms with Gasteiger partial charge in [-0.25, -0.2) is 4.79 Å². The summed E-state index contributed by atoms with van der Waals surface area (Å²) in [4.78, 5) is 35.3. The monoisotopic (exact) mass is 584 g/mol. The number of amides is 3. The molecule has 1 atom stereocenters. The van der Waals surface area contributed by atoms with Gasteiger partial charge in [0.05, 0.1) is 5.92 Å². The van der Waals surface area contributed by atoms with Crippen molar-refractivity contribution in [2.75, 3.05) is 39.3 Å². The maximum Gasteiger partial charge on any atom is 0.326 e. The van der Waals surface area contributed by atoms with E-state index in [9.17, 15) is 9.59 Å². The molecule has 4 aliphatic rings. The van der Waals surface area contributed by atoms with Crippen LogP contribution in [-0.2, 0) is 4.79 Å². The fourth-order valence-corrected chi connectivity index (χ4v) is 7.53. The number of fused-ring (bicyclic) bond motifs is 2. The van der Waals surface area contributed by atoms with Gasteiger partial charge in [0, 0.05) is 49.9 Å². The number of nitrogens with zero attached hydrogens (tertiary/aromatic N) is 3. The molecule has 1 aliphatic carbocycles. The van der Waals surface area contributed by atoms with Gasteiger partial charge in [-0.1, -0.05) is 67.3 Å². The first-order valence-corrected chi connectivity index (χ1v) is 16.7. The number of carbonyl (C=O) groups is 2. The molecule has 2 N–H and O–H groups in total. The Hall–Kier alpha value is -3.16. The largest absolute Gasteiger partial charge is 0.457 e. The lowest BCUT2D eigenvalue weighted by Gasteiger charge is -2.43. The zero-order valence-electron chi connectivity index (χ0n) is 25.6. The van der Waals surface area contributed by atoms with Gasteiger partial charge < -0.3 is 15.4 Å². The minimum Gasteiger partial charge on any atom is -0.457 e. The molecule has 7 nitrogen and oxygen atoms in total. The number of benzene rings is 2. The van der Waals surface area contributed by atoms with Gasteiger partial charge in [0.2, 0.25) is 5.91 Å². The van der Waals surface area contributed by atoms with Gasteiger partial charge in [-0.15, -0.1) is 0 Å². The summed E-state index contributed by atoms with van der Waals surface area (Å²) in [5, 5.41) is 0. The third kappa shape index (κ3) is 6.83. The molecular weight excluding hydrogens is 536 g/mol. The molecule has 230 valence electrons. The van der Waals surface area contributed by atoms with E-state index < -0.39 is 5.92 Å². The zero-order valence-corrected chi connectivity index (χ0v) is 25.6. The Kier molecular flexibility index (Phi) is 9.79. The van der Waals surface area contributed by atoms with E-state index in [1.807, 2.05) is 53.4 Å². The molecule has 2 aromatic carbocycles. The topological polar surface area (TPSA) is 79.1 Å². The Bertz CT molecular complexity index is 1260. The van der Waals surface area contributed by atoms with E-state index in [2.05, 4.69) is 11.0 Å². The molecular formula is C36H48N4O3. The van der Waals surface area contributed by atoms with Crippen LogP contribution in [0.25, 0.3) is 0 Å². The SMILES string of the molecule is NC[C@@H]1CCCN(C(=O)N(C(=O)C2c3ccccc3Oc3ccccc32)C2CCN(C/C3=C/CCCCCCC3)CC2)C1. The van der Waals surface area contributed by atoms with Crippen LogP contribution in [0.2, 0.25) is 0 Å². The Labute approximate surface area is 257 Å². The summed E-state index contributed by atoms with van der Waals surface area (Å²) in [6.45, 7) is 4.66. The third-order valence-corrected chi connectivity index (χ3v) is 9.98. The van der Waals surface area contributed by atoms with Crippen LogP contribution in [0.3, 0.4) is 0 Å². The van der Waals surface area contributed by atoms with Crippen molar-refractivity contribution >= 4 is 11.9 Å². The molecule has 2 fully saturated rings. The number of hydrogen-bond donors (Lipinski definition) is 1. The smallest absolute Gasteiger partial charge is 0.326 e. The molecule has 6 rings (SSSR count). The summed E-state index contributed by atoms with van der Waals surface area (Å²) in [7, 11) is 0. The fraction of sp³-hybridized carbons (Fsp3) is 0.556. The number of para-hydroxylation sites is 2. The number of likely N-dealkylation sites (tertiary alicyclic amines) is 2. The zero-order chi connectivity index (χ0) is 29.6. The van der Waals surface area contributed by atoms with E-state index in [4.69, 9.17) is 10.5 Å². The average Bonchev–Trinajstić information content (AvgIpc) is 3.18. The van der Waals surface area contributed by atoms with Gasteiger partial charge in [-0.05, 0) is 76.0 Å². The quantitative estimate of drug-likeness (QED) is 0.397. The van der Waals surface area contributed by atoms with Gasteiger partial charge in [-0.3, -0.25) is 14.6 Å². The Morgan fingerprint density at radius 3 is 2.23 bits per heavy atom. The van der Waals surface area contributed by atoms with E-state index in [0.29, 0.717) is 31.1 Å². The predicted molar refractivity (Wildman–Crippen MR) is 170 cm³/mol. The van der Waals surface area contributed by atoms with Gasteiger partial charge in [0.25, 0.3) is 0 Å². The maximum atomic E-state index is 14.8. The summed E-state index contributed by atoms with van der Waals surface area (Å²) >= 11 is 0. The minimum atomic E-state index is -0.581. The molecule has 0 radical (unpaired) electrons. The number of piperidine rings is 2. The molecule has 0 saturated carbocycles. The lowest BCUT2D eigenvalue weighted by molar-refractivity contribution is -0.132. The van der Waals surface area contributed by atoms with E-state index in [0.717, 1.165) is 56.4 Å². The molecule has 0 bridgehead atoms. The molecule has 2 saturated heterocycles.